The summed E-state index contributed by atoms with van der Waals surface area (Å²) in [5, 5.41) is 9.97. The molecule has 9 heteroatoms. The Kier molecular flexibility index (Phi) is 3.60. The van der Waals surface area contributed by atoms with Crippen molar-refractivity contribution in [3.63, 3.8) is 0 Å². The average molecular weight is 303 g/mol. The Bertz CT molecular complexity index is 535. The lowest BCUT2D eigenvalue weighted by molar-refractivity contribution is -0.148. The van der Waals surface area contributed by atoms with Crippen LogP contribution >= 0.6 is 0 Å². The molecule has 1 aromatic rings. The Balaban J connectivity index is 1.73. The fourth-order valence-electron chi connectivity index (χ4n) is 2.88. The minimum atomic E-state index is -4.51. The molecule has 3 heterocycles. The minimum Gasteiger partial charge on any atom is -0.333 e. The highest BCUT2D eigenvalue weighted by Gasteiger charge is 2.40. The molecule has 0 radical (unpaired) electrons. The second kappa shape index (κ2) is 5.28. The standard InChI is InChI=1S/C12H16F3N5O/c13-12(14,15)11-18-17-9-7-19(4-5-20(9)11)10(21)8-2-1-3-16-6-8/h8,16H,1-7H2/t8-/m1/s1. The Hall–Kier alpha value is -1.64. The van der Waals surface area contributed by atoms with Crippen molar-refractivity contribution in [2.75, 3.05) is 19.6 Å². The van der Waals surface area contributed by atoms with Crippen LogP contribution in [0.4, 0.5) is 13.2 Å². The summed E-state index contributed by atoms with van der Waals surface area (Å²) < 4.78 is 39.3. The normalized spacial score (nSPS) is 23.0. The first kappa shape index (κ1) is 14.3. The van der Waals surface area contributed by atoms with E-state index in [0.29, 0.717) is 6.54 Å². The van der Waals surface area contributed by atoms with Crippen molar-refractivity contribution >= 4 is 5.91 Å². The van der Waals surface area contributed by atoms with Gasteiger partial charge in [-0.25, -0.2) is 0 Å². The molecule has 1 aromatic heterocycles. The lowest BCUT2D eigenvalue weighted by Gasteiger charge is -2.32. The number of hydrogen-bond donors (Lipinski definition) is 1. The topological polar surface area (TPSA) is 63.1 Å². The number of carbonyl (C=O) groups is 1. The summed E-state index contributed by atoms with van der Waals surface area (Å²) in [6.07, 6.45) is -2.74. The number of fused-ring (bicyclic) bond motifs is 1. The van der Waals surface area contributed by atoms with Crippen LogP contribution in [-0.2, 0) is 24.1 Å². The third-order valence-electron chi connectivity index (χ3n) is 3.96. The number of hydrogen-bond acceptors (Lipinski definition) is 4. The average Bonchev–Trinajstić information content (AvgIpc) is 2.90. The molecule has 6 nitrogen and oxygen atoms in total. The van der Waals surface area contributed by atoms with E-state index in [4.69, 9.17) is 0 Å². The van der Waals surface area contributed by atoms with E-state index >= 15 is 0 Å². The van der Waals surface area contributed by atoms with E-state index in [1.165, 1.54) is 0 Å². The second-order valence-corrected chi connectivity index (χ2v) is 5.39. The molecule has 1 fully saturated rings. The van der Waals surface area contributed by atoms with E-state index in [0.717, 1.165) is 24.0 Å². The highest BCUT2D eigenvalue weighted by Crippen LogP contribution is 2.29. The molecule has 1 saturated heterocycles. The first-order valence-electron chi connectivity index (χ1n) is 6.95. The molecule has 1 amide bonds. The minimum absolute atomic E-state index is 0.00925. The zero-order valence-electron chi connectivity index (χ0n) is 11.4. The number of nitrogens with zero attached hydrogens (tertiary/aromatic N) is 4. The summed E-state index contributed by atoms with van der Waals surface area (Å²) in [6, 6.07) is 0. The van der Waals surface area contributed by atoms with Crippen LogP contribution in [0.25, 0.3) is 0 Å². The predicted molar refractivity (Wildman–Crippen MR) is 66.0 cm³/mol. The van der Waals surface area contributed by atoms with E-state index in [1.54, 1.807) is 4.90 Å². The van der Waals surface area contributed by atoms with E-state index < -0.39 is 12.0 Å². The molecular weight excluding hydrogens is 287 g/mol. The number of aromatic nitrogens is 3. The van der Waals surface area contributed by atoms with Crippen LogP contribution in [0.1, 0.15) is 24.5 Å². The fraction of sp³-hybridized carbons (Fsp3) is 0.750. The first-order valence-corrected chi connectivity index (χ1v) is 6.95. The van der Waals surface area contributed by atoms with Gasteiger partial charge in [-0.15, -0.1) is 10.2 Å². The molecule has 0 aromatic carbocycles. The largest absolute Gasteiger partial charge is 0.451 e. The van der Waals surface area contributed by atoms with Gasteiger partial charge in [0.25, 0.3) is 0 Å². The van der Waals surface area contributed by atoms with Gasteiger partial charge in [-0.2, -0.15) is 13.2 Å². The SMILES string of the molecule is O=C([C@@H]1CCCNC1)N1CCn2c(nnc2C(F)(F)F)C1. The molecule has 0 aliphatic carbocycles. The zero-order valence-corrected chi connectivity index (χ0v) is 11.4. The quantitative estimate of drug-likeness (QED) is 0.827. The van der Waals surface area contributed by atoms with Gasteiger partial charge in [0.05, 0.1) is 12.5 Å². The molecule has 21 heavy (non-hydrogen) atoms. The lowest BCUT2D eigenvalue weighted by Crippen LogP contribution is -2.46. The molecule has 2 aliphatic heterocycles. The Morgan fingerprint density at radius 2 is 2.10 bits per heavy atom. The Morgan fingerprint density at radius 1 is 1.29 bits per heavy atom. The Morgan fingerprint density at radius 3 is 2.76 bits per heavy atom. The van der Waals surface area contributed by atoms with Crippen LogP contribution in [0.5, 0.6) is 0 Å². The van der Waals surface area contributed by atoms with Gasteiger partial charge >= 0.3 is 6.18 Å². The van der Waals surface area contributed by atoms with Crippen LogP contribution in [-0.4, -0.2) is 45.2 Å². The lowest BCUT2D eigenvalue weighted by atomic mass is 9.98. The van der Waals surface area contributed by atoms with Crippen molar-refractivity contribution in [2.45, 2.75) is 32.1 Å². The van der Waals surface area contributed by atoms with Crippen molar-refractivity contribution in [3.05, 3.63) is 11.6 Å². The number of halogens is 3. The summed E-state index contributed by atoms with van der Waals surface area (Å²) >= 11 is 0. The summed E-state index contributed by atoms with van der Waals surface area (Å²) in [7, 11) is 0. The molecule has 1 N–H and O–H groups in total. The van der Waals surface area contributed by atoms with E-state index in [-0.39, 0.29) is 37.3 Å². The predicted octanol–water partition coefficient (Wildman–Crippen LogP) is 0.639. The number of piperidine rings is 1. The Labute approximate surface area is 119 Å². The van der Waals surface area contributed by atoms with Gasteiger partial charge in [0, 0.05) is 19.6 Å². The monoisotopic (exact) mass is 303 g/mol. The van der Waals surface area contributed by atoms with Crippen LogP contribution in [0.2, 0.25) is 0 Å². The van der Waals surface area contributed by atoms with Crippen molar-refractivity contribution in [1.82, 2.24) is 25.0 Å². The fourth-order valence-corrected chi connectivity index (χ4v) is 2.88. The first-order chi connectivity index (χ1) is 9.97. The van der Waals surface area contributed by atoms with Crippen molar-refractivity contribution in [1.29, 1.82) is 0 Å². The van der Waals surface area contributed by atoms with Gasteiger partial charge in [-0.05, 0) is 19.4 Å². The van der Waals surface area contributed by atoms with Gasteiger partial charge in [-0.3, -0.25) is 4.79 Å². The van der Waals surface area contributed by atoms with E-state index in [9.17, 15) is 18.0 Å². The number of rotatable bonds is 1. The smallest absolute Gasteiger partial charge is 0.333 e. The molecule has 0 unspecified atom stereocenters. The van der Waals surface area contributed by atoms with Crippen LogP contribution in [0.15, 0.2) is 0 Å². The van der Waals surface area contributed by atoms with Gasteiger partial charge < -0.3 is 14.8 Å². The molecule has 2 aliphatic rings. The zero-order chi connectivity index (χ0) is 15.0. The van der Waals surface area contributed by atoms with Crippen molar-refractivity contribution in [3.8, 4) is 0 Å². The number of nitrogens with one attached hydrogen (secondary N) is 1. The molecule has 0 saturated carbocycles. The summed E-state index contributed by atoms with van der Waals surface area (Å²) in [6.45, 7) is 1.99. The molecular formula is C12H16F3N5O. The number of amides is 1. The van der Waals surface area contributed by atoms with Gasteiger partial charge in [-0.1, -0.05) is 0 Å². The molecule has 3 rings (SSSR count). The molecule has 1 atom stereocenters. The van der Waals surface area contributed by atoms with Gasteiger partial charge in [0.2, 0.25) is 11.7 Å². The van der Waals surface area contributed by atoms with Crippen LogP contribution in [0, 0.1) is 5.92 Å². The van der Waals surface area contributed by atoms with Crippen molar-refractivity contribution < 1.29 is 18.0 Å². The maximum Gasteiger partial charge on any atom is 0.451 e. The third kappa shape index (κ3) is 2.74. The maximum absolute atomic E-state index is 12.7. The summed E-state index contributed by atoms with van der Waals surface area (Å²) in [5.41, 5.74) is 0. The summed E-state index contributed by atoms with van der Waals surface area (Å²) in [4.78, 5) is 14.0. The van der Waals surface area contributed by atoms with Gasteiger partial charge in [0.1, 0.15) is 0 Å². The number of alkyl halides is 3. The summed E-state index contributed by atoms with van der Waals surface area (Å²) in [5.74, 6) is -0.880. The highest BCUT2D eigenvalue weighted by atomic mass is 19.4. The third-order valence-corrected chi connectivity index (χ3v) is 3.96. The van der Waals surface area contributed by atoms with Gasteiger partial charge in [0.15, 0.2) is 5.82 Å². The van der Waals surface area contributed by atoms with E-state index in [1.807, 2.05) is 0 Å². The molecule has 116 valence electrons. The van der Waals surface area contributed by atoms with Crippen LogP contribution < -0.4 is 5.32 Å². The maximum atomic E-state index is 12.7. The molecule has 0 bridgehead atoms. The number of carbonyl (C=O) groups excluding carboxylic acids is 1. The second-order valence-electron chi connectivity index (χ2n) is 5.39. The molecule has 0 spiro atoms. The highest BCUT2D eigenvalue weighted by molar-refractivity contribution is 5.79. The van der Waals surface area contributed by atoms with E-state index in [2.05, 4.69) is 15.5 Å². The van der Waals surface area contributed by atoms with Crippen LogP contribution in [0.3, 0.4) is 0 Å². The van der Waals surface area contributed by atoms with Crippen molar-refractivity contribution in [2.24, 2.45) is 5.92 Å².